The lowest BCUT2D eigenvalue weighted by Gasteiger charge is -2.16. The monoisotopic (exact) mass is 357 g/mol. The van der Waals surface area contributed by atoms with Crippen LogP contribution in [0.1, 0.15) is 29.3 Å². The van der Waals surface area contributed by atoms with E-state index in [-0.39, 0.29) is 24.2 Å². The highest BCUT2D eigenvalue weighted by molar-refractivity contribution is 5.99. The summed E-state index contributed by atoms with van der Waals surface area (Å²) in [6, 6.07) is 13.1. The fraction of sp³-hybridized carbons (Fsp3) is 0.250. The van der Waals surface area contributed by atoms with E-state index < -0.39 is 29.7 Å². The van der Waals surface area contributed by atoms with E-state index in [2.05, 4.69) is 5.32 Å². The molecule has 0 bridgehead atoms. The topological polar surface area (TPSA) is 83.5 Å². The van der Waals surface area contributed by atoms with Crippen LogP contribution in [0.4, 0.5) is 4.39 Å². The minimum atomic E-state index is -1.15. The summed E-state index contributed by atoms with van der Waals surface area (Å²) in [5.41, 5.74) is 0.966. The average molecular weight is 357 g/mol. The van der Waals surface area contributed by atoms with Gasteiger partial charge in [0, 0.05) is 24.3 Å². The second-order valence-electron chi connectivity index (χ2n) is 6.13. The summed E-state index contributed by atoms with van der Waals surface area (Å²) in [6.07, 6.45) is -0.0257. The summed E-state index contributed by atoms with van der Waals surface area (Å²) in [5, 5.41) is 11.8. The Labute approximate surface area is 150 Å². The number of ketones is 1. The Morgan fingerprint density at radius 2 is 1.77 bits per heavy atom. The Morgan fingerprint density at radius 1 is 1.08 bits per heavy atom. The standard InChI is InChI=1S/C20H20FNO4/c1-13(19(24)15-8-5-9-16(21)12-15)10-18(23)22-17(20(25)26)11-14-6-3-2-4-7-14/h2-9,12-13,17H,10-11H2,1H3,(H,22,23)(H,25,26)/t13?,17-/m1/s1. The largest absolute Gasteiger partial charge is 0.480 e. The number of rotatable bonds is 8. The number of amides is 1. The predicted octanol–water partition coefficient (Wildman–Crippen LogP) is 2.85. The second kappa shape index (κ2) is 8.89. The van der Waals surface area contributed by atoms with Gasteiger partial charge in [0.05, 0.1) is 0 Å². The normalized spacial score (nSPS) is 12.8. The Kier molecular flexibility index (Phi) is 6.60. The fourth-order valence-corrected chi connectivity index (χ4v) is 2.60. The number of carbonyl (C=O) groups excluding carboxylic acids is 2. The lowest BCUT2D eigenvalue weighted by molar-refractivity contribution is -0.141. The van der Waals surface area contributed by atoms with Crippen molar-refractivity contribution in [2.45, 2.75) is 25.8 Å². The zero-order valence-corrected chi connectivity index (χ0v) is 14.3. The molecule has 1 amide bonds. The van der Waals surface area contributed by atoms with Crippen LogP contribution in [-0.2, 0) is 16.0 Å². The first-order chi connectivity index (χ1) is 12.4. The van der Waals surface area contributed by atoms with E-state index in [9.17, 15) is 23.9 Å². The third-order valence-corrected chi connectivity index (χ3v) is 3.96. The van der Waals surface area contributed by atoms with Crippen molar-refractivity contribution < 1.29 is 23.9 Å². The Balaban J connectivity index is 1.96. The van der Waals surface area contributed by atoms with Gasteiger partial charge in [-0.25, -0.2) is 9.18 Å². The van der Waals surface area contributed by atoms with Gasteiger partial charge in [0.1, 0.15) is 11.9 Å². The van der Waals surface area contributed by atoms with Crippen molar-refractivity contribution in [1.82, 2.24) is 5.32 Å². The molecule has 0 saturated carbocycles. The molecule has 0 fully saturated rings. The van der Waals surface area contributed by atoms with Crippen LogP contribution < -0.4 is 5.32 Å². The van der Waals surface area contributed by atoms with E-state index in [1.807, 2.05) is 6.07 Å². The molecule has 1 unspecified atom stereocenters. The smallest absolute Gasteiger partial charge is 0.326 e. The van der Waals surface area contributed by atoms with Gasteiger partial charge in [-0.3, -0.25) is 9.59 Å². The summed E-state index contributed by atoms with van der Waals surface area (Å²) in [6.45, 7) is 1.56. The molecular formula is C20H20FNO4. The van der Waals surface area contributed by atoms with E-state index >= 15 is 0 Å². The molecule has 6 heteroatoms. The van der Waals surface area contributed by atoms with Crippen LogP contribution in [0, 0.1) is 11.7 Å². The van der Waals surface area contributed by atoms with Crippen LogP contribution in [-0.4, -0.2) is 28.8 Å². The SMILES string of the molecule is CC(CC(=O)N[C@H](Cc1ccccc1)C(=O)O)C(=O)c1cccc(F)c1. The number of nitrogens with one attached hydrogen (secondary N) is 1. The highest BCUT2D eigenvalue weighted by Crippen LogP contribution is 2.14. The first-order valence-electron chi connectivity index (χ1n) is 8.22. The summed E-state index contributed by atoms with van der Waals surface area (Å²) in [5.74, 6) is -3.27. The molecule has 2 rings (SSSR count). The number of aliphatic carboxylic acids is 1. The molecular weight excluding hydrogens is 337 g/mol. The third kappa shape index (κ3) is 5.51. The highest BCUT2D eigenvalue weighted by Gasteiger charge is 2.24. The maximum atomic E-state index is 13.2. The van der Waals surface area contributed by atoms with Crippen molar-refractivity contribution in [3.8, 4) is 0 Å². The third-order valence-electron chi connectivity index (χ3n) is 3.96. The van der Waals surface area contributed by atoms with E-state index in [1.165, 1.54) is 18.2 Å². The van der Waals surface area contributed by atoms with Crippen LogP contribution in [0.3, 0.4) is 0 Å². The number of hydrogen-bond donors (Lipinski definition) is 2. The summed E-state index contributed by atoms with van der Waals surface area (Å²) < 4.78 is 13.2. The first-order valence-corrected chi connectivity index (χ1v) is 8.22. The van der Waals surface area contributed by atoms with E-state index in [4.69, 9.17) is 0 Å². The minimum absolute atomic E-state index is 0.147. The van der Waals surface area contributed by atoms with Crippen LogP contribution in [0.15, 0.2) is 54.6 Å². The molecule has 2 aromatic rings. The van der Waals surface area contributed by atoms with Gasteiger partial charge in [-0.2, -0.15) is 0 Å². The van der Waals surface area contributed by atoms with Gasteiger partial charge in [0.2, 0.25) is 5.91 Å². The van der Waals surface area contributed by atoms with Crippen LogP contribution >= 0.6 is 0 Å². The van der Waals surface area contributed by atoms with Gasteiger partial charge in [-0.15, -0.1) is 0 Å². The molecule has 0 aliphatic heterocycles. The lowest BCUT2D eigenvalue weighted by Crippen LogP contribution is -2.43. The Morgan fingerprint density at radius 3 is 2.38 bits per heavy atom. The predicted molar refractivity (Wildman–Crippen MR) is 94.2 cm³/mol. The quantitative estimate of drug-likeness (QED) is 0.712. The van der Waals surface area contributed by atoms with Gasteiger partial charge in [-0.05, 0) is 17.7 Å². The molecule has 0 radical (unpaired) electrons. The average Bonchev–Trinajstić information content (AvgIpc) is 2.61. The van der Waals surface area contributed by atoms with Gasteiger partial charge >= 0.3 is 5.97 Å². The molecule has 136 valence electrons. The molecule has 0 aliphatic rings. The number of carbonyl (C=O) groups is 3. The van der Waals surface area contributed by atoms with Crippen molar-refractivity contribution >= 4 is 17.7 Å². The zero-order valence-electron chi connectivity index (χ0n) is 14.3. The molecule has 2 aromatic carbocycles. The summed E-state index contributed by atoms with van der Waals surface area (Å²) >= 11 is 0. The van der Waals surface area contributed by atoms with E-state index in [0.717, 1.165) is 11.6 Å². The molecule has 26 heavy (non-hydrogen) atoms. The maximum absolute atomic E-state index is 13.2. The zero-order chi connectivity index (χ0) is 19.1. The van der Waals surface area contributed by atoms with Crippen molar-refractivity contribution in [2.75, 3.05) is 0 Å². The molecule has 0 aliphatic carbocycles. The van der Waals surface area contributed by atoms with Gasteiger partial charge in [0.25, 0.3) is 0 Å². The van der Waals surface area contributed by atoms with Gasteiger partial charge < -0.3 is 10.4 Å². The van der Waals surface area contributed by atoms with Gasteiger partial charge in [-0.1, -0.05) is 49.4 Å². The molecule has 2 N–H and O–H groups in total. The molecule has 0 saturated heterocycles. The highest BCUT2D eigenvalue weighted by atomic mass is 19.1. The Hall–Kier alpha value is -3.02. The second-order valence-corrected chi connectivity index (χ2v) is 6.13. The van der Waals surface area contributed by atoms with Crippen LogP contribution in [0.25, 0.3) is 0 Å². The number of carboxylic acids is 1. The first kappa shape index (κ1) is 19.3. The number of benzene rings is 2. The van der Waals surface area contributed by atoms with Crippen LogP contribution in [0.2, 0.25) is 0 Å². The van der Waals surface area contributed by atoms with Gasteiger partial charge in [0.15, 0.2) is 5.78 Å². The number of halogens is 1. The van der Waals surface area contributed by atoms with Crippen LogP contribution in [0.5, 0.6) is 0 Å². The fourth-order valence-electron chi connectivity index (χ4n) is 2.60. The van der Waals surface area contributed by atoms with Crippen molar-refractivity contribution in [1.29, 1.82) is 0 Å². The molecule has 0 spiro atoms. The summed E-state index contributed by atoms with van der Waals surface area (Å²) in [7, 11) is 0. The summed E-state index contributed by atoms with van der Waals surface area (Å²) in [4.78, 5) is 35.8. The molecule has 0 aromatic heterocycles. The minimum Gasteiger partial charge on any atom is -0.480 e. The van der Waals surface area contributed by atoms with Crippen molar-refractivity contribution in [2.24, 2.45) is 5.92 Å². The number of carboxylic acid groups (broad SMARTS) is 1. The number of hydrogen-bond acceptors (Lipinski definition) is 3. The lowest BCUT2D eigenvalue weighted by atomic mass is 9.95. The van der Waals surface area contributed by atoms with Crippen molar-refractivity contribution in [3.05, 3.63) is 71.5 Å². The molecule has 0 heterocycles. The molecule has 5 nitrogen and oxygen atoms in total. The maximum Gasteiger partial charge on any atom is 0.326 e. The number of Topliss-reactive ketones (excluding diaryl/α,β-unsaturated/α-hetero) is 1. The van der Waals surface area contributed by atoms with E-state index in [1.54, 1.807) is 31.2 Å². The Bertz CT molecular complexity index is 791. The van der Waals surface area contributed by atoms with Crippen molar-refractivity contribution in [3.63, 3.8) is 0 Å². The van der Waals surface area contributed by atoms with E-state index in [0.29, 0.717) is 0 Å². The molecule has 2 atom stereocenters.